The van der Waals surface area contributed by atoms with Crippen LogP contribution < -0.4 is 10.1 Å². The molecule has 25 heavy (non-hydrogen) atoms. The van der Waals surface area contributed by atoms with Crippen molar-refractivity contribution in [2.75, 3.05) is 26.0 Å². The predicted octanol–water partition coefficient (Wildman–Crippen LogP) is 4.79. The molecule has 0 aliphatic carbocycles. The van der Waals surface area contributed by atoms with E-state index in [1.807, 2.05) is 37.3 Å². The summed E-state index contributed by atoms with van der Waals surface area (Å²) in [5, 5.41) is 3.33. The number of hydrogen-bond donors (Lipinski definition) is 1. The first-order chi connectivity index (χ1) is 11.5. The number of aryl methyl sites for hydroxylation is 1. The summed E-state index contributed by atoms with van der Waals surface area (Å²) in [5.41, 5.74) is 3.82. The van der Waals surface area contributed by atoms with Gasteiger partial charge >= 0.3 is 0 Å². The molecule has 136 valence electrons. The Kier molecular flexibility index (Phi) is 8.22. The first-order valence-electron chi connectivity index (χ1n) is 7.95. The molecule has 0 heterocycles. The number of ether oxygens (including phenoxy) is 1. The van der Waals surface area contributed by atoms with E-state index in [0.717, 1.165) is 34.8 Å². The van der Waals surface area contributed by atoms with Gasteiger partial charge in [0.1, 0.15) is 11.6 Å². The van der Waals surface area contributed by atoms with Gasteiger partial charge in [0, 0.05) is 26.2 Å². The van der Waals surface area contributed by atoms with Crippen molar-refractivity contribution in [1.29, 1.82) is 0 Å². The zero-order valence-electron chi connectivity index (χ0n) is 15.0. The van der Waals surface area contributed by atoms with E-state index < -0.39 is 0 Å². The molecule has 2 aromatic rings. The molecule has 2 rings (SSSR count). The van der Waals surface area contributed by atoms with Crippen molar-refractivity contribution in [3.05, 3.63) is 53.3 Å². The number of benzene rings is 2. The number of anilines is 1. The van der Waals surface area contributed by atoms with Gasteiger partial charge in [-0.2, -0.15) is 0 Å². The van der Waals surface area contributed by atoms with Gasteiger partial charge in [0.2, 0.25) is 0 Å². The third kappa shape index (κ3) is 5.94. The van der Waals surface area contributed by atoms with Gasteiger partial charge in [0.05, 0.1) is 24.8 Å². The topological polar surface area (TPSA) is 36.9 Å². The lowest BCUT2D eigenvalue weighted by molar-refractivity contribution is 0.416. The number of nitrogens with one attached hydrogen (secondary N) is 1. The lowest BCUT2D eigenvalue weighted by atomic mass is 10.1. The molecule has 0 bridgehead atoms. The molecule has 0 atom stereocenters. The Labute approximate surface area is 155 Å². The molecule has 0 fully saturated rings. The van der Waals surface area contributed by atoms with E-state index in [2.05, 4.69) is 17.2 Å². The van der Waals surface area contributed by atoms with Crippen LogP contribution in [0, 0.1) is 12.7 Å². The van der Waals surface area contributed by atoms with Crippen LogP contribution in [0.5, 0.6) is 5.75 Å². The number of halogens is 2. The van der Waals surface area contributed by atoms with Crippen LogP contribution in [-0.4, -0.2) is 31.9 Å². The molecule has 0 aliphatic heterocycles. The molecule has 0 aliphatic rings. The molecule has 6 heteroatoms. The van der Waals surface area contributed by atoms with Gasteiger partial charge in [-0.25, -0.2) is 9.38 Å². The van der Waals surface area contributed by atoms with Crippen LogP contribution >= 0.6 is 12.4 Å². The van der Waals surface area contributed by atoms with E-state index in [1.165, 1.54) is 12.1 Å². The van der Waals surface area contributed by atoms with E-state index in [0.29, 0.717) is 6.54 Å². The molecular weight excluding hydrogens is 341 g/mol. The molecule has 0 radical (unpaired) electrons. The molecule has 0 unspecified atom stereocenters. The van der Waals surface area contributed by atoms with E-state index in [4.69, 9.17) is 4.74 Å². The fourth-order valence-electron chi connectivity index (χ4n) is 2.17. The average molecular weight is 366 g/mol. The second kappa shape index (κ2) is 9.89. The minimum atomic E-state index is -0.230. The SMILES string of the molecule is CCN(C)C=Nc1cc(OC)c(NCc2ccc(F)cc2)cc1C.Cl. The van der Waals surface area contributed by atoms with Crippen molar-refractivity contribution in [3.8, 4) is 5.75 Å². The van der Waals surface area contributed by atoms with Gasteiger partial charge in [-0.15, -0.1) is 12.4 Å². The van der Waals surface area contributed by atoms with Crippen LogP contribution in [0.25, 0.3) is 0 Å². The Bertz CT molecular complexity index is 705. The van der Waals surface area contributed by atoms with Crippen LogP contribution in [0.2, 0.25) is 0 Å². The quantitative estimate of drug-likeness (QED) is 0.566. The average Bonchev–Trinajstić information content (AvgIpc) is 2.60. The maximum absolute atomic E-state index is 13.0. The fourth-order valence-corrected chi connectivity index (χ4v) is 2.17. The normalized spacial score (nSPS) is 10.4. The molecule has 0 amide bonds. The highest BCUT2D eigenvalue weighted by Gasteiger charge is 2.08. The zero-order chi connectivity index (χ0) is 17.5. The summed E-state index contributed by atoms with van der Waals surface area (Å²) in [5.74, 6) is 0.500. The lowest BCUT2D eigenvalue weighted by Crippen LogP contribution is -2.14. The first kappa shape index (κ1) is 20.8. The predicted molar refractivity (Wildman–Crippen MR) is 105 cm³/mol. The summed E-state index contributed by atoms with van der Waals surface area (Å²) in [4.78, 5) is 6.51. The minimum Gasteiger partial charge on any atom is -0.495 e. The molecule has 0 aromatic heterocycles. The van der Waals surface area contributed by atoms with Crippen LogP contribution in [0.4, 0.5) is 15.8 Å². The third-order valence-electron chi connectivity index (χ3n) is 3.81. The largest absolute Gasteiger partial charge is 0.495 e. The number of methoxy groups -OCH3 is 1. The lowest BCUT2D eigenvalue weighted by Gasteiger charge is -2.14. The Morgan fingerprint density at radius 2 is 1.92 bits per heavy atom. The standard InChI is InChI=1S/C19H24FN3O.ClH/c1-5-23(3)13-22-17-11-19(24-4)18(10-14(17)2)21-12-15-6-8-16(20)9-7-15;/h6-11,13,21H,5,12H2,1-4H3;1H. The highest BCUT2D eigenvalue weighted by atomic mass is 35.5. The van der Waals surface area contributed by atoms with Gasteiger partial charge in [-0.3, -0.25) is 0 Å². The summed E-state index contributed by atoms with van der Waals surface area (Å²) < 4.78 is 18.4. The van der Waals surface area contributed by atoms with Crippen LogP contribution in [-0.2, 0) is 6.54 Å². The van der Waals surface area contributed by atoms with Crippen LogP contribution in [0.15, 0.2) is 41.4 Å². The maximum Gasteiger partial charge on any atom is 0.144 e. The Morgan fingerprint density at radius 1 is 1.24 bits per heavy atom. The number of aliphatic imine (C=N–C) groups is 1. The van der Waals surface area contributed by atoms with Crippen molar-refractivity contribution in [2.45, 2.75) is 20.4 Å². The second-order valence-electron chi connectivity index (χ2n) is 5.64. The number of rotatable bonds is 7. The van der Waals surface area contributed by atoms with Gasteiger partial charge in [-0.1, -0.05) is 12.1 Å². The van der Waals surface area contributed by atoms with E-state index >= 15 is 0 Å². The summed E-state index contributed by atoms with van der Waals surface area (Å²) in [6.07, 6.45) is 1.81. The monoisotopic (exact) mass is 365 g/mol. The molecular formula is C19H25ClFN3O. The van der Waals surface area contributed by atoms with Crippen LogP contribution in [0.3, 0.4) is 0 Å². The highest BCUT2D eigenvalue weighted by molar-refractivity contribution is 5.85. The fraction of sp³-hybridized carbons (Fsp3) is 0.316. The Hall–Kier alpha value is -2.27. The van der Waals surface area contributed by atoms with Gasteiger partial charge < -0.3 is 15.0 Å². The van der Waals surface area contributed by atoms with Gasteiger partial charge in [0.15, 0.2) is 0 Å². The third-order valence-corrected chi connectivity index (χ3v) is 3.81. The summed E-state index contributed by atoms with van der Waals surface area (Å²) in [6, 6.07) is 10.4. The summed E-state index contributed by atoms with van der Waals surface area (Å²) in [7, 11) is 3.62. The van der Waals surface area contributed by atoms with Gasteiger partial charge in [0.25, 0.3) is 0 Å². The Balaban J connectivity index is 0.00000312. The zero-order valence-corrected chi connectivity index (χ0v) is 15.9. The highest BCUT2D eigenvalue weighted by Crippen LogP contribution is 2.33. The minimum absolute atomic E-state index is 0. The van der Waals surface area contributed by atoms with E-state index in [-0.39, 0.29) is 18.2 Å². The molecule has 0 spiro atoms. The second-order valence-corrected chi connectivity index (χ2v) is 5.64. The van der Waals surface area contributed by atoms with Crippen molar-refractivity contribution in [3.63, 3.8) is 0 Å². The van der Waals surface area contributed by atoms with Gasteiger partial charge in [-0.05, 0) is 43.2 Å². The van der Waals surface area contributed by atoms with Crippen molar-refractivity contribution in [1.82, 2.24) is 4.90 Å². The molecule has 2 aromatic carbocycles. The Morgan fingerprint density at radius 3 is 2.52 bits per heavy atom. The molecule has 0 saturated carbocycles. The number of nitrogens with zero attached hydrogens (tertiary/aromatic N) is 2. The summed E-state index contributed by atoms with van der Waals surface area (Å²) >= 11 is 0. The number of hydrogen-bond acceptors (Lipinski definition) is 3. The first-order valence-corrected chi connectivity index (χ1v) is 7.95. The van der Waals surface area contributed by atoms with Crippen molar-refractivity contribution >= 4 is 30.1 Å². The molecule has 1 N–H and O–H groups in total. The van der Waals surface area contributed by atoms with E-state index in [1.54, 1.807) is 19.2 Å². The summed E-state index contributed by atoms with van der Waals surface area (Å²) in [6.45, 7) is 5.58. The van der Waals surface area contributed by atoms with E-state index in [9.17, 15) is 4.39 Å². The van der Waals surface area contributed by atoms with Crippen LogP contribution in [0.1, 0.15) is 18.1 Å². The molecule has 0 saturated heterocycles. The smallest absolute Gasteiger partial charge is 0.144 e. The van der Waals surface area contributed by atoms with Crippen molar-refractivity contribution < 1.29 is 9.13 Å². The van der Waals surface area contributed by atoms with Crippen molar-refractivity contribution in [2.24, 2.45) is 4.99 Å². The maximum atomic E-state index is 13.0. The molecule has 4 nitrogen and oxygen atoms in total.